The van der Waals surface area contributed by atoms with E-state index < -0.39 is 23.9 Å². The Morgan fingerprint density at radius 3 is 2.86 bits per heavy atom. The summed E-state index contributed by atoms with van der Waals surface area (Å²) in [7, 11) is 0. The summed E-state index contributed by atoms with van der Waals surface area (Å²) in [6.45, 7) is 1.94. The SMILES string of the molecule is C[C@@H](OC(=O)[C@@H]1CC(=O)N(Cc2ccco2)C1)C(=O)Nc1ccccc1C#N. The molecule has 1 aromatic heterocycles. The third kappa shape index (κ3) is 4.38. The summed E-state index contributed by atoms with van der Waals surface area (Å²) in [6.07, 6.45) is 0.492. The minimum Gasteiger partial charge on any atom is -0.467 e. The van der Waals surface area contributed by atoms with Gasteiger partial charge in [-0.25, -0.2) is 0 Å². The Morgan fingerprint density at radius 1 is 1.36 bits per heavy atom. The van der Waals surface area contributed by atoms with Crippen LogP contribution in [0.4, 0.5) is 5.69 Å². The van der Waals surface area contributed by atoms with Crippen molar-refractivity contribution in [1.82, 2.24) is 4.90 Å². The monoisotopic (exact) mass is 381 g/mol. The van der Waals surface area contributed by atoms with E-state index in [9.17, 15) is 14.4 Å². The summed E-state index contributed by atoms with van der Waals surface area (Å²) >= 11 is 0. The van der Waals surface area contributed by atoms with Crippen molar-refractivity contribution in [3.63, 3.8) is 0 Å². The van der Waals surface area contributed by atoms with Gasteiger partial charge in [0.2, 0.25) is 5.91 Å². The van der Waals surface area contributed by atoms with Gasteiger partial charge in [0.25, 0.3) is 5.91 Å². The lowest BCUT2D eigenvalue weighted by atomic mass is 10.1. The summed E-state index contributed by atoms with van der Waals surface area (Å²) in [5.41, 5.74) is 0.655. The normalized spacial score (nSPS) is 17.1. The number of furan rings is 1. The van der Waals surface area contributed by atoms with Crippen LogP contribution < -0.4 is 5.32 Å². The maximum atomic E-state index is 12.4. The molecule has 1 aliphatic heterocycles. The largest absolute Gasteiger partial charge is 0.467 e. The maximum Gasteiger partial charge on any atom is 0.312 e. The Labute approximate surface area is 161 Å². The Bertz CT molecular complexity index is 916. The van der Waals surface area contributed by atoms with Gasteiger partial charge in [0.1, 0.15) is 11.8 Å². The quantitative estimate of drug-likeness (QED) is 0.767. The average Bonchev–Trinajstić information content (AvgIpc) is 3.32. The Morgan fingerprint density at radius 2 is 2.14 bits per heavy atom. The van der Waals surface area contributed by atoms with E-state index in [0.29, 0.717) is 17.0 Å². The van der Waals surface area contributed by atoms with Crippen molar-refractivity contribution in [2.45, 2.75) is 26.0 Å². The summed E-state index contributed by atoms with van der Waals surface area (Å²) < 4.78 is 10.5. The number of hydrogen-bond donors (Lipinski definition) is 1. The van der Waals surface area contributed by atoms with Crippen LogP contribution in [0.1, 0.15) is 24.7 Å². The molecule has 2 amide bonds. The van der Waals surface area contributed by atoms with Crippen LogP contribution in [0, 0.1) is 17.2 Å². The number of carbonyl (C=O) groups excluding carboxylic acids is 3. The van der Waals surface area contributed by atoms with E-state index in [2.05, 4.69) is 5.32 Å². The number of nitrogens with one attached hydrogen (secondary N) is 1. The second-order valence-corrected chi connectivity index (χ2v) is 6.48. The molecule has 0 saturated carbocycles. The first-order valence-electron chi connectivity index (χ1n) is 8.78. The van der Waals surface area contributed by atoms with Gasteiger partial charge < -0.3 is 19.4 Å². The number of likely N-dealkylation sites (tertiary alicyclic amines) is 1. The molecule has 0 radical (unpaired) electrons. The van der Waals surface area contributed by atoms with E-state index in [1.807, 2.05) is 6.07 Å². The number of amides is 2. The van der Waals surface area contributed by atoms with Gasteiger partial charge in [0.15, 0.2) is 6.10 Å². The zero-order valence-electron chi connectivity index (χ0n) is 15.3. The van der Waals surface area contributed by atoms with Crippen LogP contribution in [0.3, 0.4) is 0 Å². The van der Waals surface area contributed by atoms with Crippen LogP contribution in [0.2, 0.25) is 0 Å². The molecule has 144 valence electrons. The van der Waals surface area contributed by atoms with Crippen molar-refractivity contribution in [3.05, 3.63) is 54.0 Å². The molecular weight excluding hydrogens is 362 g/mol. The molecule has 1 aromatic carbocycles. The summed E-state index contributed by atoms with van der Waals surface area (Å²) in [4.78, 5) is 38.3. The standard InChI is InChI=1S/C20H19N3O5/c1-13(19(25)22-17-7-3-2-5-14(17)10-21)28-20(26)15-9-18(24)23(11-15)12-16-6-4-8-27-16/h2-8,13,15H,9,11-12H2,1H3,(H,22,25)/t13-,15-/m1/s1. The Kier molecular flexibility index (Phi) is 5.75. The van der Waals surface area contributed by atoms with Gasteiger partial charge in [-0.3, -0.25) is 14.4 Å². The number of carbonyl (C=O) groups is 3. The van der Waals surface area contributed by atoms with Crippen LogP contribution in [0.25, 0.3) is 0 Å². The van der Waals surface area contributed by atoms with E-state index in [0.717, 1.165) is 0 Å². The number of hydrogen-bond acceptors (Lipinski definition) is 6. The average molecular weight is 381 g/mol. The topological polar surface area (TPSA) is 113 Å². The fourth-order valence-electron chi connectivity index (χ4n) is 2.92. The molecule has 8 nitrogen and oxygen atoms in total. The van der Waals surface area contributed by atoms with Crippen molar-refractivity contribution in [1.29, 1.82) is 5.26 Å². The highest BCUT2D eigenvalue weighted by molar-refractivity contribution is 5.96. The lowest BCUT2D eigenvalue weighted by Crippen LogP contribution is -2.33. The van der Waals surface area contributed by atoms with Crippen molar-refractivity contribution in [2.24, 2.45) is 5.92 Å². The third-order valence-electron chi connectivity index (χ3n) is 4.44. The molecule has 0 spiro atoms. The number of benzene rings is 1. The fraction of sp³-hybridized carbons (Fsp3) is 0.300. The van der Waals surface area contributed by atoms with E-state index in [1.165, 1.54) is 18.1 Å². The molecule has 8 heteroatoms. The molecule has 0 bridgehead atoms. The van der Waals surface area contributed by atoms with Crippen LogP contribution in [0.5, 0.6) is 0 Å². The maximum absolute atomic E-state index is 12.4. The molecule has 1 aliphatic rings. The summed E-state index contributed by atoms with van der Waals surface area (Å²) in [5.74, 6) is -1.33. The Hall–Kier alpha value is -3.60. The van der Waals surface area contributed by atoms with Gasteiger partial charge >= 0.3 is 5.97 Å². The highest BCUT2D eigenvalue weighted by Gasteiger charge is 2.37. The third-order valence-corrected chi connectivity index (χ3v) is 4.44. The van der Waals surface area contributed by atoms with Gasteiger partial charge in [-0.15, -0.1) is 0 Å². The minimum atomic E-state index is -1.06. The molecule has 28 heavy (non-hydrogen) atoms. The molecule has 0 unspecified atom stereocenters. The van der Waals surface area contributed by atoms with E-state index in [4.69, 9.17) is 14.4 Å². The zero-order chi connectivity index (χ0) is 20.1. The van der Waals surface area contributed by atoms with Crippen LogP contribution in [-0.4, -0.2) is 35.3 Å². The van der Waals surface area contributed by atoms with E-state index >= 15 is 0 Å². The molecule has 2 atom stereocenters. The number of rotatable bonds is 6. The van der Waals surface area contributed by atoms with Crippen LogP contribution >= 0.6 is 0 Å². The Balaban J connectivity index is 1.54. The van der Waals surface area contributed by atoms with E-state index in [1.54, 1.807) is 36.4 Å². The first kappa shape index (κ1) is 19.2. The van der Waals surface area contributed by atoms with Gasteiger partial charge in [0.05, 0.1) is 30.0 Å². The second-order valence-electron chi connectivity index (χ2n) is 6.48. The molecule has 0 aliphatic carbocycles. The number of para-hydroxylation sites is 1. The number of ether oxygens (including phenoxy) is 1. The lowest BCUT2D eigenvalue weighted by molar-refractivity contribution is -0.157. The van der Waals surface area contributed by atoms with Crippen molar-refractivity contribution in [2.75, 3.05) is 11.9 Å². The van der Waals surface area contributed by atoms with Gasteiger partial charge in [0, 0.05) is 13.0 Å². The smallest absolute Gasteiger partial charge is 0.312 e. The van der Waals surface area contributed by atoms with Crippen molar-refractivity contribution >= 4 is 23.5 Å². The highest BCUT2D eigenvalue weighted by atomic mass is 16.5. The molecule has 2 aromatic rings. The molecule has 3 rings (SSSR count). The van der Waals surface area contributed by atoms with E-state index in [-0.39, 0.29) is 25.4 Å². The number of anilines is 1. The van der Waals surface area contributed by atoms with Crippen LogP contribution in [-0.2, 0) is 25.7 Å². The highest BCUT2D eigenvalue weighted by Crippen LogP contribution is 2.22. The molecule has 2 heterocycles. The minimum absolute atomic E-state index is 0.0329. The summed E-state index contributed by atoms with van der Waals surface area (Å²) in [6, 6.07) is 12.0. The van der Waals surface area contributed by atoms with Crippen molar-refractivity contribution < 1.29 is 23.5 Å². The van der Waals surface area contributed by atoms with Gasteiger partial charge in [-0.1, -0.05) is 12.1 Å². The predicted octanol–water partition coefficient (Wildman–Crippen LogP) is 2.07. The molecule has 1 saturated heterocycles. The first-order valence-corrected chi connectivity index (χ1v) is 8.78. The number of esters is 1. The summed E-state index contributed by atoms with van der Waals surface area (Å²) in [5, 5.41) is 11.6. The van der Waals surface area contributed by atoms with Crippen LogP contribution in [0.15, 0.2) is 47.1 Å². The number of nitrogens with zero attached hydrogens (tertiary/aromatic N) is 2. The number of nitriles is 1. The van der Waals surface area contributed by atoms with Gasteiger partial charge in [-0.05, 0) is 31.2 Å². The molecule has 1 N–H and O–H groups in total. The lowest BCUT2D eigenvalue weighted by Gasteiger charge is -2.17. The fourth-order valence-corrected chi connectivity index (χ4v) is 2.92. The first-order chi connectivity index (χ1) is 13.5. The second kappa shape index (κ2) is 8.39. The predicted molar refractivity (Wildman–Crippen MR) is 97.6 cm³/mol. The molecule has 1 fully saturated rings. The molecular formula is C20H19N3O5. The zero-order valence-corrected chi connectivity index (χ0v) is 15.3. The van der Waals surface area contributed by atoms with Crippen molar-refractivity contribution in [3.8, 4) is 6.07 Å². The van der Waals surface area contributed by atoms with Gasteiger partial charge in [-0.2, -0.15) is 5.26 Å².